The molecule has 33 heavy (non-hydrogen) atoms. The molecular weight excluding hydrogens is 430 g/mol. The van der Waals surface area contributed by atoms with Crippen molar-refractivity contribution < 1.29 is 9.00 Å². The molecule has 0 N–H and O–H groups in total. The number of carbonyl (C=O) groups excluding carboxylic acids is 1. The number of benzene rings is 2. The first-order valence-corrected chi connectivity index (χ1v) is 13.1. The molecule has 176 valence electrons. The average molecular weight is 466 g/mol. The van der Waals surface area contributed by atoms with Crippen LogP contribution in [0.5, 0.6) is 0 Å². The number of nitrogens with zero attached hydrogens (tertiary/aromatic N) is 3. The molecule has 5 rings (SSSR count). The van der Waals surface area contributed by atoms with Crippen molar-refractivity contribution >= 4 is 17.1 Å². The van der Waals surface area contributed by atoms with Gasteiger partial charge in [0.05, 0.1) is 0 Å². The van der Waals surface area contributed by atoms with Crippen LogP contribution in [0.4, 0.5) is 0 Å². The fourth-order valence-corrected chi connectivity index (χ4v) is 7.74. The summed E-state index contributed by atoms with van der Waals surface area (Å²) >= 11 is -1.14. The van der Waals surface area contributed by atoms with Crippen LogP contribution in [0.2, 0.25) is 0 Å². The Morgan fingerprint density at radius 3 is 2.15 bits per heavy atom. The quantitative estimate of drug-likeness (QED) is 0.647. The molecule has 1 amide bonds. The van der Waals surface area contributed by atoms with Crippen molar-refractivity contribution in [1.82, 2.24) is 13.5 Å². The highest BCUT2D eigenvalue weighted by Gasteiger charge is 2.51. The molecule has 3 aliphatic rings. The summed E-state index contributed by atoms with van der Waals surface area (Å²) < 4.78 is 17.0. The van der Waals surface area contributed by atoms with Gasteiger partial charge in [0.2, 0.25) is 0 Å². The van der Waals surface area contributed by atoms with Crippen LogP contribution in [-0.2, 0) is 24.3 Å². The van der Waals surface area contributed by atoms with Crippen molar-refractivity contribution in [1.29, 1.82) is 0 Å². The number of rotatable bonds is 5. The van der Waals surface area contributed by atoms with E-state index in [1.165, 1.54) is 12.0 Å². The lowest BCUT2D eigenvalue weighted by molar-refractivity contribution is 0.0708. The summed E-state index contributed by atoms with van der Waals surface area (Å²) in [6.07, 6.45) is 3.40. The third kappa shape index (κ3) is 4.79. The fraction of sp³-hybridized carbons (Fsp3) is 0.519. The van der Waals surface area contributed by atoms with E-state index in [-0.39, 0.29) is 11.3 Å². The SMILES string of the molecule is CC1(C)CC2CC(C)(CN2C(=O)c2ccc(CN3CCN(Cc4ccccc4)S3=O)cc2)C1. The molecule has 6 heteroatoms. The standard InChI is InChI=1S/C27H35N3O2S/c1-26(2)15-24-16-27(3,19-26)20-30(24)25(31)23-11-9-22(10-12-23)18-29-14-13-28(33(29)32)17-21-7-5-4-6-8-21/h4-12,24H,13-20H2,1-3H3. The molecule has 1 aliphatic carbocycles. The first kappa shape index (κ1) is 22.8. The highest BCUT2D eigenvalue weighted by Crippen LogP contribution is 2.52. The molecule has 1 saturated carbocycles. The van der Waals surface area contributed by atoms with Crippen molar-refractivity contribution in [3.05, 3.63) is 71.3 Å². The molecule has 0 radical (unpaired) electrons. The molecule has 2 heterocycles. The first-order chi connectivity index (χ1) is 15.7. The van der Waals surface area contributed by atoms with Crippen molar-refractivity contribution in [2.45, 2.75) is 59.2 Å². The van der Waals surface area contributed by atoms with E-state index in [9.17, 15) is 9.00 Å². The molecule has 3 fully saturated rings. The topological polar surface area (TPSA) is 43.9 Å². The van der Waals surface area contributed by atoms with E-state index in [4.69, 9.17) is 0 Å². The Balaban J connectivity index is 1.21. The maximum atomic E-state index is 13.3. The number of amides is 1. The van der Waals surface area contributed by atoms with Crippen LogP contribution in [0.15, 0.2) is 54.6 Å². The third-order valence-electron chi connectivity index (χ3n) is 7.48. The molecule has 2 bridgehead atoms. The second-order valence-electron chi connectivity index (χ2n) is 11.3. The number of likely N-dealkylation sites (tertiary alicyclic amines) is 1. The molecule has 2 aliphatic heterocycles. The largest absolute Gasteiger partial charge is 0.335 e. The van der Waals surface area contributed by atoms with E-state index in [1.807, 2.05) is 51.1 Å². The van der Waals surface area contributed by atoms with Gasteiger partial charge < -0.3 is 4.90 Å². The van der Waals surface area contributed by atoms with Crippen molar-refractivity contribution in [3.63, 3.8) is 0 Å². The Kier molecular flexibility index (Phi) is 5.96. The number of fused-ring (bicyclic) bond motifs is 2. The lowest BCUT2D eigenvalue weighted by Crippen LogP contribution is -2.37. The van der Waals surface area contributed by atoms with Crippen LogP contribution in [0.3, 0.4) is 0 Å². The molecule has 2 aromatic carbocycles. The lowest BCUT2D eigenvalue weighted by atomic mass is 9.65. The Labute approximate surface area is 200 Å². The lowest BCUT2D eigenvalue weighted by Gasteiger charge is -2.39. The van der Waals surface area contributed by atoms with E-state index in [1.54, 1.807) is 0 Å². The van der Waals surface area contributed by atoms with E-state index >= 15 is 0 Å². The molecular formula is C27H35N3O2S. The maximum Gasteiger partial charge on any atom is 0.254 e. The minimum atomic E-state index is -1.14. The number of hydrogen-bond acceptors (Lipinski definition) is 2. The zero-order valence-corrected chi connectivity index (χ0v) is 20.8. The predicted octanol–water partition coefficient (Wildman–Crippen LogP) is 4.62. The third-order valence-corrected chi connectivity index (χ3v) is 8.98. The van der Waals surface area contributed by atoms with Gasteiger partial charge in [0.15, 0.2) is 11.2 Å². The predicted molar refractivity (Wildman–Crippen MR) is 132 cm³/mol. The van der Waals surface area contributed by atoms with Crippen molar-refractivity contribution in [2.75, 3.05) is 19.6 Å². The Hall–Kier alpha value is -2.02. The van der Waals surface area contributed by atoms with Crippen LogP contribution in [0.25, 0.3) is 0 Å². The van der Waals surface area contributed by atoms with Gasteiger partial charge in [0, 0.05) is 44.3 Å². The van der Waals surface area contributed by atoms with Gasteiger partial charge in [-0.3, -0.25) is 4.79 Å². The molecule has 5 nitrogen and oxygen atoms in total. The monoisotopic (exact) mass is 465 g/mol. The van der Waals surface area contributed by atoms with Crippen molar-refractivity contribution in [3.8, 4) is 0 Å². The highest BCUT2D eigenvalue weighted by atomic mass is 32.2. The molecule has 3 atom stereocenters. The molecule has 3 unspecified atom stereocenters. The number of carbonyl (C=O) groups is 1. The summed E-state index contributed by atoms with van der Waals surface area (Å²) in [5.74, 6) is 0.159. The zero-order valence-electron chi connectivity index (χ0n) is 20.0. The second kappa shape index (κ2) is 8.64. The summed E-state index contributed by atoms with van der Waals surface area (Å²) in [6, 6.07) is 18.5. The minimum absolute atomic E-state index is 0.159. The van der Waals surface area contributed by atoms with Crippen LogP contribution in [0.1, 0.15) is 61.5 Å². The second-order valence-corrected chi connectivity index (χ2v) is 12.8. The minimum Gasteiger partial charge on any atom is -0.335 e. The van der Waals surface area contributed by atoms with Gasteiger partial charge in [-0.05, 0) is 53.4 Å². The summed E-state index contributed by atoms with van der Waals surface area (Å²) in [4.78, 5) is 15.5. The fourth-order valence-electron chi connectivity index (χ4n) is 6.42. The summed E-state index contributed by atoms with van der Waals surface area (Å²) in [6.45, 7) is 10.8. The van der Waals surface area contributed by atoms with Crippen LogP contribution >= 0.6 is 0 Å². The normalized spacial score (nSPS) is 29.5. The van der Waals surface area contributed by atoms with E-state index in [0.29, 0.717) is 24.5 Å². The summed E-state index contributed by atoms with van der Waals surface area (Å²) in [5.41, 5.74) is 3.58. The Morgan fingerprint density at radius 2 is 1.52 bits per heavy atom. The summed E-state index contributed by atoms with van der Waals surface area (Å²) in [5, 5.41) is 0. The summed E-state index contributed by atoms with van der Waals surface area (Å²) in [7, 11) is 0. The maximum absolute atomic E-state index is 13.3. The van der Waals surface area contributed by atoms with Crippen molar-refractivity contribution in [2.24, 2.45) is 10.8 Å². The van der Waals surface area contributed by atoms with Crippen LogP contribution in [0, 0.1) is 10.8 Å². The number of hydrogen-bond donors (Lipinski definition) is 0. The van der Waals surface area contributed by atoms with Gasteiger partial charge in [0.1, 0.15) is 0 Å². The molecule has 2 aromatic rings. The van der Waals surface area contributed by atoms with Gasteiger partial charge in [-0.1, -0.05) is 63.2 Å². The van der Waals surface area contributed by atoms with Gasteiger partial charge in [0.25, 0.3) is 5.91 Å². The van der Waals surface area contributed by atoms with Gasteiger partial charge in [-0.25, -0.2) is 12.8 Å². The van der Waals surface area contributed by atoms with Gasteiger partial charge >= 0.3 is 0 Å². The average Bonchev–Trinajstić information content (AvgIpc) is 3.24. The smallest absolute Gasteiger partial charge is 0.254 e. The Morgan fingerprint density at radius 1 is 0.909 bits per heavy atom. The van der Waals surface area contributed by atoms with E-state index < -0.39 is 11.2 Å². The van der Waals surface area contributed by atoms with Crippen LogP contribution < -0.4 is 0 Å². The van der Waals surface area contributed by atoms with Crippen LogP contribution in [-0.4, -0.2) is 49.3 Å². The van der Waals surface area contributed by atoms with Gasteiger partial charge in [-0.2, -0.15) is 0 Å². The van der Waals surface area contributed by atoms with E-state index in [2.05, 4.69) is 37.8 Å². The van der Waals surface area contributed by atoms with Gasteiger partial charge in [-0.15, -0.1) is 0 Å². The zero-order chi connectivity index (χ0) is 23.2. The highest BCUT2D eigenvalue weighted by molar-refractivity contribution is 7.80. The Bertz CT molecular complexity index is 1040. The molecule has 0 aromatic heterocycles. The van der Waals surface area contributed by atoms with E-state index in [0.717, 1.165) is 43.6 Å². The first-order valence-electron chi connectivity index (χ1n) is 12.1. The molecule has 2 saturated heterocycles. The molecule has 0 spiro atoms.